The van der Waals surface area contributed by atoms with Crippen molar-refractivity contribution in [3.63, 3.8) is 0 Å². The number of rotatable bonds is 3. The van der Waals surface area contributed by atoms with Crippen LogP contribution in [-0.2, 0) is 4.74 Å². The number of imidazole rings is 1. The van der Waals surface area contributed by atoms with Crippen LogP contribution in [-0.4, -0.2) is 50.8 Å². The van der Waals surface area contributed by atoms with Gasteiger partial charge >= 0.3 is 0 Å². The van der Waals surface area contributed by atoms with E-state index in [-0.39, 0.29) is 0 Å². The third kappa shape index (κ3) is 2.77. The minimum absolute atomic E-state index is 0.483. The molecule has 0 N–H and O–H groups in total. The van der Waals surface area contributed by atoms with E-state index < -0.39 is 0 Å². The normalized spacial score (nSPS) is 18.0. The number of hydrogen-bond donors (Lipinski definition) is 0. The summed E-state index contributed by atoms with van der Waals surface area (Å²) in [7, 11) is 0. The summed E-state index contributed by atoms with van der Waals surface area (Å²) in [5.41, 5.74) is 2.90. The number of nitrogens with zero attached hydrogens (tertiary/aromatic N) is 6. The zero-order valence-electron chi connectivity index (χ0n) is 13.6. The largest absolute Gasteiger partial charge is 0.378 e. The van der Waals surface area contributed by atoms with E-state index in [4.69, 9.17) is 19.7 Å². The quantitative estimate of drug-likeness (QED) is 0.454. The number of morpholine rings is 1. The van der Waals surface area contributed by atoms with E-state index in [1.165, 1.54) is 12.8 Å². The summed E-state index contributed by atoms with van der Waals surface area (Å²) in [5, 5.41) is 0. The molecule has 1 aliphatic carbocycles. The van der Waals surface area contributed by atoms with E-state index in [9.17, 15) is 0 Å². The number of anilines is 1. The van der Waals surface area contributed by atoms with Crippen molar-refractivity contribution < 1.29 is 4.74 Å². The molecule has 0 radical (unpaired) electrons. The van der Waals surface area contributed by atoms with Gasteiger partial charge in [-0.05, 0) is 25.0 Å². The van der Waals surface area contributed by atoms with Crippen molar-refractivity contribution in [2.24, 2.45) is 0 Å². The van der Waals surface area contributed by atoms with Gasteiger partial charge in [-0.25, -0.2) is 15.0 Å². The van der Waals surface area contributed by atoms with E-state index in [2.05, 4.69) is 37.0 Å². The van der Waals surface area contributed by atoms with Gasteiger partial charge in [0.05, 0.1) is 13.2 Å². The van der Waals surface area contributed by atoms with Crippen molar-refractivity contribution in [3.05, 3.63) is 28.4 Å². The zero-order valence-corrected chi connectivity index (χ0v) is 15.8. The van der Waals surface area contributed by atoms with Crippen molar-refractivity contribution in [1.82, 2.24) is 24.5 Å². The maximum absolute atomic E-state index is 5.49. The molecular weight excluding hydrogens is 431 g/mol. The first kappa shape index (κ1) is 15.4. The van der Waals surface area contributed by atoms with Crippen LogP contribution in [0.2, 0.25) is 0 Å². The van der Waals surface area contributed by atoms with Crippen LogP contribution in [0.15, 0.2) is 24.5 Å². The van der Waals surface area contributed by atoms with E-state index in [0.29, 0.717) is 6.04 Å². The number of fused-ring (bicyclic) bond motifs is 1. The molecule has 1 aliphatic heterocycles. The van der Waals surface area contributed by atoms with E-state index >= 15 is 0 Å². The highest BCUT2D eigenvalue weighted by Gasteiger charge is 2.31. The highest BCUT2D eigenvalue weighted by Crippen LogP contribution is 2.42. The second-order valence-corrected chi connectivity index (χ2v) is 7.33. The molecule has 0 unspecified atom stereocenters. The van der Waals surface area contributed by atoms with Gasteiger partial charge in [-0.2, -0.15) is 0 Å². The first-order chi connectivity index (χ1) is 12.3. The van der Waals surface area contributed by atoms with Gasteiger partial charge in [-0.3, -0.25) is 4.98 Å². The number of hydrogen-bond acceptors (Lipinski definition) is 6. The van der Waals surface area contributed by atoms with E-state index in [1.807, 2.05) is 24.5 Å². The Kier molecular flexibility index (Phi) is 3.81. The van der Waals surface area contributed by atoms with Gasteiger partial charge in [0.2, 0.25) is 0 Å². The van der Waals surface area contributed by atoms with Crippen LogP contribution >= 0.6 is 22.6 Å². The van der Waals surface area contributed by atoms with Crippen molar-refractivity contribution in [2.75, 3.05) is 31.2 Å². The standard InChI is InChI=1S/C17H17IN6O/c18-17-21-15(23-7-9-25-10-8-23)13-16(22-17)24(12-1-2-12)14(20-13)11-3-5-19-6-4-11/h3-6,12H,1-2,7-10H2. The Morgan fingerprint density at radius 3 is 2.52 bits per heavy atom. The first-order valence-corrected chi connectivity index (χ1v) is 9.58. The van der Waals surface area contributed by atoms with Gasteiger partial charge in [0.1, 0.15) is 5.82 Å². The van der Waals surface area contributed by atoms with E-state index in [1.54, 1.807) is 0 Å². The molecule has 0 aromatic carbocycles. The molecule has 128 valence electrons. The Morgan fingerprint density at radius 2 is 1.80 bits per heavy atom. The summed E-state index contributed by atoms with van der Waals surface area (Å²) in [6.07, 6.45) is 5.97. The predicted octanol–water partition coefficient (Wildman–Crippen LogP) is 2.66. The molecule has 2 fully saturated rings. The number of ether oxygens (including phenoxy) is 1. The minimum atomic E-state index is 0.483. The lowest BCUT2D eigenvalue weighted by molar-refractivity contribution is 0.122. The third-order valence-corrected chi connectivity index (χ3v) is 5.14. The molecule has 8 heteroatoms. The summed E-state index contributed by atoms with van der Waals surface area (Å²) in [6, 6.07) is 4.50. The topological polar surface area (TPSA) is 69.0 Å². The highest BCUT2D eigenvalue weighted by atomic mass is 127. The average Bonchev–Trinajstić information content (AvgIpc) is 3.43. The summed E-state index contributed by atoms with van der Waals surface area (Å²) in [5.74, 6) is 1.89. The van der Waals surface area contributed by atoms with Crippen molar-refractivity contribution in [2.45, 2.75) is 18.9 Å². The lowest BCUT2D eigenvalue weighted by Gasteiger charge is -2.27. The van der Waals surface area contributed by atoms with Crippen molar-refractivity contribution >= 4 is 39.6 Å². The molecule has 0 bridgehead atoms. The fourth-order valence-corrected chi connectivity index (χ4v) is 3.77. The Bertz CT molecular complexity index is 918. The van der Waals surface area contributed by atoms with Crippen LogP contribution in [0, 0.1) is 3.83 Å². The summed E-state index contributed by atoms with van der Waals surface area (Å²) in [4.78, 5) is 20.8. The summed E-state index contributed by atoms with van der Waals surface area (Å²) < 4.78 is 8.54. The van der Waals surface area contributed by atoms with Crippen LogP contribution in [0.3, 0.4) is 0 Å². The summed E-state index contributed by atoms with van der Waals surface area (Å²) >= 11 is 2.20. The molecule has 3 aromatic rings. The lowest BCUT2D eigenvalue weighted by Crippen LogP contribution is -2.37. The fourth-order valence-electron chi connectivity index (χ4n) is 3.31. The van der Waals surface area contributed by atoms with Gasteiger partial charge in [0.25, 0.3) is 0 Å². The third-order valence-electron chi connectivity index (χ3n) is 4.66. The number of aromatic nitrogens is 5. The number of pyridine rings is 1. The van der Waals surface area contributed by atoms with Crippen LogP contribution in [0.5, 0.6) is 0 Å². The van der Waals surface area contributed by atoms with Crippen LogP contribution < -0.4 is 4.90 Å². The van der Waals surface area contributed by atoms with Gasteiger partial charge in [0.15, 0.2) is 20.8 Å². The average molecular weight is 448 g/mol. The summed E-state index contributed by atoms with van der Waals surface area (Å²) in [6.45, 7) is 3.12. The van der Waals surface area contributed by atoms with Crippen LogP contribution in [0.25, 0.3) is 22.6 Å². The van der Waals surface area contributed by atoms with Crippen molar-refractivity contribution in [3.8, 4) is 11.4 Å². The molecule has 0 spiro atoms. The van der Waals surface area contributed by atoms with Gasteiger partial charge in [0, 0.05) is 59.7 Å². The second-order valence-electron chi connectivity index (χ2n) is 6.36. The molecular formula is C17H17IN6O. The minimum Gasteiger partial charge on any atom is -0.378 e. The molecule has 2 aliphatic rings. The molecule has 5 rings (SSSR count). The fraction of sp³-hybridized carbons (Fsp3) is 0.412. The number of halogens is 1. The molecule has 7 nitrogen and oxygen atoms in total. The molecule has 3 aromatic heterocycles. The Morgan fingerprint density at radius 1 is 1.04 bits per heavy atom. The van der Waals surface area contributed by atoms with Crippen LogP contribution in [0.1, 0.15) is 18.9 Å². The monoisotopic (exact) mass is 448 g/mol. The Hall–Kier alpha value is -1.81. The smallest absolute Gasteiger partial charge is 0.194 e. The predicted molar refractivity (Wildman–Crippen MR) is 103 cm³/mol. The Labute approximate surface area is 158 Å². The molecule has 25 heavy (non-hydrogen) atoms. The maximum atomic E-state index is 5.49. The Balaban J connectivity index is 1.74. The van der Waals surface area contributed by atoms with Gasteiger partial charge in [-0.1, -0.05) is 0 Å². The van der Waals surface area contributed by atoms with Gasteiger partial charge in [-0.15, -0.1) is 0 Å². The molecule has 4 heterocycles. The van der Waals surface area contributed by atoms with Crippen molar-refractivity contribution in [1.29, 1.82) is 0 Å². The van der Waals surface area contributed by atoms with E-state index in [0.717, 1.165) is 58.5 Å². The zero-order chi connectivity index (χ0) is 16.8. The molecule has 0 amide bonds. The first-order valence-electron chi connectivity index (χ1n) is 8.50. The van der Waals surface area contributed by atoms with Gasteiger partial charge < -0.3 is 14.2 Å². The molecule has 1 saturated carbocycles. The van der Waals surface area contributed by atoms with Crippen LogP contribution in [0.4, 0.5) is 5.82 Å². The highest BCUT2D eigenvalue weighted by molar-refractivity contribution is 14.1. The molecule has 0 atom stereocenters. The lowest BCUT2D eigenvalue weighted by atomic mass is 10.2. The second kappa shape index (κ2) is 6.17. The molecule has 1 saturated heterocycles. The maximum Gasteiger partial charge on any atom is 0.194 e. The SMILES string of the molecule is Ic1nc(N2CCOCC2)c2nc(-c3ccncc3)n(C3CC3)c2n1.